The molecule has 0 N–H and O–H groups in total. The van der Waals surface area contributed by atoms with E-state index in [0.29, 0.717) is 30.6 Å². The van der Waals surface area contributed by atoms with Crippen molar-refractivity contribution in [3.63, 3.8) is 0 Å². The summed E-state index contributed by atoms with van der Waals surface area (Å²) in [7, 11) is 1.59. The zero-order chi connectivity index (χ0) is 12.7. The van der Waals surface area contributed by atoms with Gasteiger partial charge in [0.1, 0.15) is 5.82 Å². The molecule has 0 heterocycles. The summed E-state index contributed by atoms with van der Waals surface area (Å²) in [6, 6.07) is 5.56. The van der Waals surface area contributed by atoms with Crippen LogP contribution in [0.3, 0.4) is 0 Å². The molecule has 1 rings (SSSR count). The van der Waals surface area contributed by atoms with Gasteiger partial charge in [-0.3, -0.25) is 4.79 Å². The van der Waals surface area contributed by atoms with Crippen LogP contribution in [-0.4, -0.2) is 42.9 Å². The number of ether oxygens (including phenoxy) is 1. The minimum atomic E-state index is -0.342. The first-order valence-electron chi connectivity index (χ1n) is 5.28. The Morgan fingerprint density at radius 3 is 2.53 bits per heavy atom. The topological polar surface area (TPSA) is 29.5 Å². The van der Waals surface area contributed by atoms with Gasteiger partial charge in [0.25, 0.3) is 5.91 Å². The molecule has 1 aromatic carbocycles. The first-order chi connectivity index (χ1) is 8.19. The van der Waals surface area contributed by atoms with Crippen molar-refractivity contribution in [2.24, 2.45) is 0 Å². The highest BCUT2D eigenvalue weighted by Gasteiger charge is 2.14. The predicted octanol–water partition coefficient (Wildman–Crippen LogP) is 2.31. The summed E-state index contributed by atoms with van der Waals surface area (Å²) in [5, 5.41) is 0.698. The number of methoxy groups -OCH3 is 1. The highest BCUT2D eigenvalue weighted by molar-refractivity contribution is 9.09. The predicted molar refractivity (Wildman–Crippen MR) is 68.0 cm³/mol. The number of rotatable bonds is 6. The largest absolute Gasteiger partial charge is 0.383 e. The molecule has 0 bridgehead atoms. The van der Waals surface area contributed by atoms with Crippen molar-refractivity contribution in [2.45, 2.75) is 0 Å². The molecule has 0 radical (unpaired) electrons. The Balaban J connectivity index is 2.72. The van der Waals surface area contributed by atoms with Crippen LogP contribution in [0.5, 0.6) is 0 Å². The number of carbonyl (C=O) groups excluding carboxylic acids is 1. The summed E-state index contributed by atoms with van der Waals surface area (Å²) in [6.45, 7) is 1.61. The lowest BCUT2D eigenvalue weighted by Crippen LogP contribution is -2.35. The van der Waals surface area contributed by atoms with Gasteiger partial charge >= 0.3 is 0 Å². The maximum Gasteiger partial charge on any atom is 0.253 e. The summed E-state index contributed by atoms with van der Waals surface area (Å²) in [5.41, 5.74) is 0.489. The lowest BCUT2D eigenvalue weighted by atomic mass is 10.2. The summed E-state index contributed by atoms with van der Waals surface area (Å²) in [6.07, 6.45) is 0. The number of alkyl halides is 1. The Bertz CT molecular complexity index is 356. The number of hydrogen-bond donors (Lipinski definition) is 0. The van der Waals surface area contributed by atoms with Crippen LogP contribution in [0.15, 0.2) is 24.3 Å². The Morgan fingerprint density at radius 1 is 1.35 bits per heavy atom. The number of carbonyl (C=O) groups is 1. The average molecular weight is 304 g/mol. The van der Waals surface area contributed by atoms with Crippen LogP contribution in [0.4, 0.5) is 4.39 Å². The molecule has 0 aromatic heterocycles. The molecule has 5 heteroatoms. The quantitative estimate of drug-likeness (QED) is 0.755. The lowest BCUT2D eigenvalue weighted by molar-refractivity contribution is 0.0709. The van der Waals surface area contributed by atoms with Crippen LogP contribution >= 0.6 is 15.9 Å². The normalized spacial score (nSPS) is 10.3. The number of hydrogen-bond acceptors (Lipinski definition) is 2. The lowest BCUT2D eigenvalue weighted by Gasteiger charge is -2.21. The molecule has 0 aliphatic heterocycles. The van der Waals surface area contributed by atoms with Gasteiger partial charge in [-0.05, 0) is 24.3 Å². The van der Waals surface area contributed by atoms with E-state index in [-0.39, 0.29) is 11.7 Å². The van der Waals surface area contributed by atoms with E-state index in [2.05, 4.69) is 15.9 Å². The molecule has 0 saturated carbocycles. The van der Waals surface area contributed by atoms with Gasteiger partial charge in [-0.15, -0.1) is 0 Å². The molecule has 1 amide bonds. The van der Waals surface area contributed by atoms with Gasteiger partial charge in [0.15, 0.2) is 0 Å². The summed E-state index contributed by atoms with van der Waals surface area (Å²) in [5.74, 6) is -0.452. The molecular weight excluding hydrogens is 289 g/mol. The van der Waals surface area contributed by atoms with E-state index in [1.54, 1.807) is 12.0 Å². The summed E-state index contributed by atoms with van der Waals surface area (Å²) in [4.78, 5) is 13.8. The average Bonchev–Trinajstić information content (AvgIpc) is 2.34. The molecule has 0 saturated heterocycles. The van der Waals surface area contributed by atoms with Crippen LogP contribution in [0.25, 0.3) is 0 Å². The maximum atomic E-state index is 12.7. The second-order valence-corrected chi connectivity index (χ2v) is 4.27. The number of amides is 1. The first kappa shape index (κ1) is 14.1. The van der Waals surface area contributed by atoms with Crippen LogP contribution in [-0.2, 0) is 4.74 Å². The highest BCUT2D eigenvalue weighted by Crippen LogP contribution is 2.07. The minimum Gasteiger partial charge on any atom is -0.383 e. The molecule has 3 nitrogen and oxygen atoms in total. The molecule has 0 aliphatic carbocycles. The molecule has 0 aliphatic rings. The Labute approximate surface area is 109 Å². The first-order valence-corrected chi connectivity index (χ1v) is 6.41. The molecule has 0 spiro atoms. The number of benzene rings is 1. The molecule has 0 fully saturated rings. The van der Waals surface area contributed by atoms with Crippen LogP contribution in [0.1, 0.15) is 10.4 Å². The third-order valence-corrected chi connectivity index (χ3v) is 2.65. The Morgan fingerprint density at radius 2 is 2.00 bits per heavy atom. The van der Waals surface area contributed by atoms with Gasteiger partial charge in [-0.25, -0.2) is 4.39 Å². The van der Waals surface area contributed by atoms with Gasteiger partial charge in [0.2, 0.25) is 0 Å². The van der Waals surface area contributed by atoms with Crippen molar-refractivity contribution in [3.05, 3.63) is 35.6 Å². The smallest absolute Gasteiger partial charge is 0.253 e. The Hall–Kier alpha value is -0.940. The van der Waals surface area contributed by atoms with Gasteiger partial charge in [0, 0.05) is 31.1 Å². The number of halogens is 2. The van der Waals surface area contributed by atoms with Crippen molar-refractivity contribution in [3.8, 4) is 0 Å². The maximum absolute atomic E-state index is 12.7. The van der Waals surface area contributed by atoms with Crippen molar-refractivity contribution < 1.29 is 13.9 Å². The van der Waals surface area contributed by atoms with Gasteiger partial charge < -0.3 is 9.64 Å². The molecule has 0 atom stereocenters. The van der Waals surface area contributed by atoms with E-state index >= 15 is 0 Å². The molecule has 94 valence electrons. The van der Waals surface area contributed by atoms with Gasteiger partial charge in [-0.1, -0.05) is 15.9 Å². The van der Waals surface area contributed by atoms with E-state index in [0.717, 1.165) is 0 Å². The third kappa shape index (κ3) is 4.44. The molecule has 0 unspecified atom stereocenters. The SMILES string of the molecule is COCCN(CCBr)C(=O)c1ccc(F)cc1. The fourth-order valence-electron chi connectivity index (χ4n) is 1.39. The van der Waals surface area contributed by atoms with Gasteiger partial charge in [-0.2, -0.15) is 0 Å². The van der Waals surface area contributed by atoms with Crippen molar-refractivity contribution in [1.29, 1.82) is 0 Å². The third-order valence-electron chi connectivity index (χ3n) is 2.30. The van der Waals surface area contributed by atoms with Gasteiger partial charge in [0.05, 0.1) is 6.61 Å². The fraction of sp³-hybridized carbons (Fsp3) is 0.417. The molecule has 17 heavy (non-hydrogen) atoms. The van der Waals surface area contributed by atoms with Crippen LogP contribution in [0, 0.1) is 5.82 Å². The Kier molecular flexibility index (Phi) is 6.15. The molecule has 1 aromatic rings. The monoisotopic (exact) mass is 303 g/mol. The van der Waals surface area contributed by atoms with E-state index in [1.807, 2.05) is 0 Å². The zero-order valence-corrected chi connectivity index (χ0v) is 11.2. The number of nitrogens with zero attached hydrogens (tertiary/aromatic N) is 1. The highest BCUT2D eigenvalue weighted by atomic mass is 79.9. The van der Waals surface area contributed by atoms with E-state index in [9.17, 15) is 9.18 Å². The van der Waals surface area contributed by atoms with E-state index in [4.69, 9.17) is 4.74 Å². The summed E-state index contributed by atoms with van der Waals surface area (Å²) >= 11 is 3.30. The van der Waals surface area contributed by atoms with Crippen LogP contribution < -0.4 is 0 Å². The fourth-order valence-corrected chi connectivity index (χ4v) is 1.82. The van der Waals surface area contributed by atoms with Crippen molar-refractivity contribution in [2.75, 3.05) is 32.1 Å². The standard InChI is InChI=1S/C12H15BrFNO2/c1-17-9-8-15(7-6-13)12(16)10-2-4-11(14)5-3-10/h2-5H,6-9H2,1H3. The summed E-state index contributed by atoms with van der Waals surface area (Å²) < 4.78 is 17.7. The second-order valence-electron chi connectivity index (χ2n) is 3.48. The molecular formula is C12H15BrFNO2. The van der Waals surface area contributed by atoms with Crippen molar-refractivity contribution >= 4 is 21.8 Å². The van der Waals surface area contributed by atoms with E-state index in [1.165, 1.54) is 24.3 Å². The minimum absolute atomic E-state index is 0.110. The van der Waals surface area contributed by atoms with Crippen LogP contribution in [0.2, 0.25) is 0 Å². The second kappa shape index (κ2) is 7.40. The van der Waals surface area contributed by atoms with Crippen molar-refractivity contribution in [1.82, 2.24) is 4.90 Å². The van der Waals surface area contributed by atoms with E-state index < -0.39 is 0 Å². The zero-order valence-electron chi connectivity index (χ0n) is 9.66.